The van der Waals surface area contributed by atoms with Gasteiger partial charge in [-0.3, -0.25) is 33.8 Å². The van der Waals surface area contributed by atoms with Gasteiger partial charge in [0.2, 0.25) is 17.6 Å². The lowest BCUT2D eigenvalue weighted by Crippen LogP contribution is -2.58. The Morgan fingerprint density at radius 2 is 1.65 bits per heavy atom. The van der Waals surface area contributed by atoms with Crippen LogP contribution >= 0.6 is 0 Å². The fourth-order valence-electron chi connectivity index (χ4n) is 8.72. The molecule has 49 heavy (non-hydrogen) atoms. The lowest BCUT2D eigenvalue weighted by molar-refractivity contribution is -0.146. The molecule has 1 aromatic rings. The molecule has 2 unspecified atom stereocenters. The molecule has 0 spiro atoms. The number of rotatable bonds is 16. The fraction of sp³-hybridized carbons (Fsp3) is 0.744. The van der Waals surface area contributed by atoms with Crippen LogP contribution in [0, 0.1) is 40.9 Å². The average molecular weight is 677 g/mol. The molecule has 10 nitrogen and oxygen atoms in total. The second-order valence-electron chi connectivity index (χ2n) is 16.4. The van der Waals surface area contributed by atoms with Crippen LogP contribution in [0.1, 0.15) is 134 Å². The van der Waals surface area contributed by atoms with Crippen molar-refractivity contribution in [2.75, 3.05) is 6.54 Å². The molecule has 2 heterocycles. The van der Waals surface area contributed by atoms with Gasteiger partial charge in [0, 0.05) is 50.0 Å². The molecule has 4 aliphatic rings. The van der Waals surface area contributed by atoms with Gasteiger partial charge in [-0.2, -0.15) is 0 Å². The van der Waals surface area contributed by atoms with Gasteiger partial charge in [0.15, 0.2) is 17.3 Å². The first-order chi connectivity index (χ1) is 23.4. The molecule has 2 amide bonds. The highest BCUT2D eigenvalue weighted by molar-refractivity contribution is 6.38. The van der Waals surface area contributed by atoms with Crippen molar-refractivity contribution in [1.29, 1.82) is 0 Å². The standard InChI is InChI=1S/C39H56N4O6/c1-5-10-26(35(47)33(46)19-24-15-16-24)20-32(45)34-28-14-9-13-27(28)23-43(34)38(49)36(39(2,3)4)42-37(48)29(25-11-7-6-8-12-25)21-31(44)30-22-40-17-18-41-30/h17-18,22,24-29,34,36H,5-16,19-21,23H2,1-4H3,(H,42,48)/t26?,27-,28-,29+,34-,36?/m0/s1. The summed E-state index contributed by atoms with van der Waals surface area (Å²) >= 11 is 0. The zero-order valence-electron chi connectivity index (χ0n) is 30.0. The van der Waals surface area contributed by atoms with Crippen LogP contribution in [0.2, 0.25) is 0 Å². The number of aromatic nitrogens is 2. The molecule has 0 bridgehead atoms. The average Bonchev–Trinajstić information content (AvgIpc) is 3.65. The summed E-state index contributed by atoms with van der Waals surface area (Å²) in [5, 5.41) is 3.10. The Morgan fingerprint density at radius 1 is 0.918 bits per heavy atom. The van der Waals surface area contributed by atoms with Gasteiger partial charge in [-0.25, -0.2) is 4.98 Å². The number of nitrogens with one attached hydrogen (secondary N) is 1. The minimum atomic E-state index is -0.917. The maximum Gasteiger partial charge on any atom is 0.246 e. The lowest BCUT2D eigenvalue weighted by atomic mass is 9.76. The summed E-state index contributed by atoms with van der Waals surface area (Å²) in [5.74, 6) is -2.59. The highest BCUT2D eigenvalue weighted by Crippen LogP contribution is 2.44. The molecule has 4 fully saturated rings. The number of carbonyl (C=O) groups is 6. The monoisotopic (exact) mass is 676 g/mol. The molecular formula is C39H56N4O6. The molecule has 1 aromatic heterocycles. The summed E-state index contributed by atoms with van der Waals surface area (Å²) in [6, 6.07) is -1.60. The van der Waals surface area contributed by atoms with Crippen molar-refractivity contribution in [3.8, 4) is 0 Å². The van der Waals surface area contributed by atoms with E-state index in [-0.39, 0.29) is 71.9 Å². The first-order valence-corrected chi connectivity index (χ1v) is 18.9. The summed E-state index contributed by atoms with van der Waals surface area (Å²) in [6.45, 7) is 8.11. The molecule has 5 rings (SSSR count). The van der Waals surface area contributed by atoms with Crippen molar-refractivity contribution in [1.82, 2.24) is 20.2 Å². The minimum absolute atomic E-state index is 0.00639. The van der Waals surface area contributed by atoms with Crippen LogP contribution in [0.25, 0.3) is 0 Å². The number of fused-ring (bicyclic) bond motifs is 1. The summed E-state index contributed by atoms with van der Waals surface area (Å²) in [7, 11) is 0. The van der Waals surface area contributed by atoms with E-state index in [4.69, 9.17) is 0 Å². The quantitative estimate of drug-likeness (QED) is 0.173. The van der Waals surface area contributed by atoms with Gasteiger partial charge in [0.05, 0.1) is 12.2 Å². The zero-order chi connectivity index (χ0) is 35.3. The Hall–Kier alpha value is -3.30. The van der Waals surface area contributed by atoms with Crippen molar-refractivity contribution >= 4 is 34.9 Å². The maximum absolute atomic E-state index is 14.7. The molecule has 1 saturated heterocycles. The van der Waals surface area contributed by atoms with E-state index in [1.54, 1.807) is 4.90 Å². The van der Waals surface area contributed by atoms with Crippen LogP contribution in [0.5, 0.6) is 0 Å². The van der Waals surface area contributed by atoms with E-state index in [1.165, 1.54) is 18.6 Å². The first-order valence-electron chi connectivity index (χ1n) is 18.9. The molecule has 10 heteroatoms. The van der Waals surface area contributed by atoms with Crippen molar-refractivity contribution in [3.63, 3.8) is 0 Å². The van der Waals surface area contributed by atoms with Crippen molar-refractivity contribution < 1.29 is 28.8 Å². The molecular weight excluding hydrogens is 620 g/mol. The molecule has 3 aliphatic carbocycles. The lowest BCUT2D eigenvalue weighted by Gasteiger charge is -2.38. The third-order valence-corrected chi connectivity index (χ3v) is 11.6. The zero-order valence-corrected chi connectivity index (χ0v) is 30.0. The Labute approximate surface area is 291 Å². The summed E-state index contributed by atoms with van der Waals surface area (Å²) in [4.78, 5) is 92.3. The van der Waals surface area contributed by atoms with Crippen LogP contribution in [-0.4, -0.2) is 68.4 Å². The second kappa shape index (κ2) is 16.2. The SMILES string of the molecule is CCCC(CC(=O)[C@@H]1[C@H]2CCC[C@H]2CN1C(=O)C(NC(=O)[C@H](CC(=O)c1cnccn1)C1CCCCC1)C(C)(C)C)C(=O)C(=O)CC1CC1. The summed E-state index contributed by atoms with van der Waals surface area (Å²) in [6.07, 6.45) is 15.2. The normalized spacial score (nSPS) is 24.5. The number of Topliss-reactive ketones (excluding diaryl/α,β-unsaturated/α-hetero) is 4. The molecule has 1 N–H and O–H groups in total. The first kappa shape index (κ1) is 37.0. The molecule has 268 valence electrons. The smallest absolute Gasteiger partial charge is 0.246 e. The van der Waals surface area contributed by atoms with Gasteiger partial charge in [-0.05, 0) is 74.0 Å². The molecule has 1 aliphatic heterocycles. The van der Waals surface area contributed by atoms with Crippen LogP contribution in [-0.2, 0) is 24.0 Å². The Balaban J connectivity index is 1.36. The predicted molar refractivity (Wildman–Crippen MR) is 184 cm³/mol. The highest BCUT2D eigenvalue weighted by Gasteiger charge is 2.52. The minimum Gasteiger partial charge on any atom is -0.344 e. The molecule has 0 radical (unpaired) electrons. The number of ketones is 4. The van der Waals surface area contributed by atoms with Gasteiger partial charge in [0.25, 0.3) is 0 Å². The van der Waals surface area contributed by atoms with Crippen molar-refractivity contribution in [2.45, 2.75) is 136 Å². The second-order valence-corrected chi connectivity index (χ2v) is 16.4. The van der Waals surface area contributed by atoms with Gasteiger partial charge in [-0.15, -0.1) is 0 Å². The van der Waals surface area contributed by atoms with E-state index in [1.807, 2.05) is 27.7 Å². The largest absolute Gasteiger partial charge is 0.344 e. The van der Waals surface area contributed by atoms with E-state index in [9.17, 15) is 28.8 Å². The number of nitrogens with zero attached hydrogens (tertiary/aromatic N) is 3. The third-order valence-electron chi connectivity index (χ3n) is 11.6. The van der Waals surface area contributed by atoms with Gasteiger partial charge in [-0.1, -0.05) is 59.8 Å². The Morgan fingerprint density at radius 3 is 2.29 bits per heavy atom. The number of likely N-dealkylation sites (tertiary alicyclic amines) is 1. The summed E-state index contributed by atoms with van der Waals surface area (Å²) in [5.41, 5.74) is -0.460. The van der Waals surface area contributed by atoms with Crippen LogP contribution in [0.15, 0.2) is 18.6 Å². The molecule has 3 saturated carbocycles. The van der Waals surface area contributed by atoms with Crippen LogP contribution in [0.4, 0.5) is 0 Å². The number of amides is 2. The Kier molecular flexibility index (Phi) is 12.2. The van der Waals surface area contributed by atoms with E-state index < -0.39 is 35.1 Å². The number of hydrogen-bond acceptors (Lipinski definition) is 8. The number of carbonyl (C=O) groups excluding carboxylic acids is 6. The van der Waals surface area contributed by atoms with Gasteiger partial charge >= 0.3 is 0 Å². The maximum atomic E-state index is 14.7. The Bertz CT molecular complexity index is 1380. The highest BCUT2D eigenvalue weighted by atomic mass is 16.2. The van der Waals surface area contributed by atoms with E-state index in [0.717, 1.165) is 64.2 Å². The van der Waals surface area contributed by atoms with Crippen LogP contribution in [0.3, 0.4) is 0 Å². The van der Waals surface area contributed by atoms with E-state index in [2.05, 4.69) is 15.3 Å². The van der Waals surface area contributed by atoms with Gasteiger partial charge < -0.3 is 10.2 Å². The third kappa shape index (κ3) is 9.09. The molecule has 6 atom stereocenters. The molecule has 0 aromatic carbocycles. The number of hydrogen-bond donors (Lipinski definition) is 1. The van der Waals surface area contributed by atoms with E-state index >= 15 is 0 Å². The topological polar surface area (TPSA) is 143 Å². The predicted octanol–water partition coefficient (Wildman–Crippen LogP) is 5.72. The van der Waals surface area contributed by atoms with Gasteiger partial charge in [0.1, 0.15) is 11.7 Å². The van der Waals surface area contributed by atoms with E-state index in [0.29, 0.717) is 25.3 Å². The van der Waals surface area contributed by atoms with Crippen molar-refractivity contribution in [3.05, 3.63) is 24.3 Å². The summed E-state index contributed by atoms with van der Waals surface area (Å²) < 4.78 is 0. The van der Waals surface area contributed by atoms with Crippen molar-refractivity contribution in [2.24, 2.45) is 40.9 Å². The fourth-order valence-corrected chi connectivity index (χ4v) is 8.72. The van der Waals surface area contributed by atoms with Crippen LogP contribution < -0.4 is 5.32 Å².